The number of benzene rings is 2. The van der Waals surface area contributed by atoms with Crippen LogP contribution < -0.4 is 21.3 Å². The van der Waals surface area contributed by atoms with Gasteiger partial charge in [-0.25, -0.2) is 0 Å². The van der Waals surface area contributed by atoms with E-state index in [0.717, 1.165) is 40.7 Å². The van der Waals surface area contributed by atoms with Crippen LogP contribution in [0.3, 0.4) is 0 Å². The van der Waals surface area contributed by atoms with Gasteiger partial charge in [0, 0.05) is 50.1 Å². The van der Waals surface area contributed by atoms with Gasteiger partial charge in [-0.1, -0.05) is 48.5 Å². The maximum atomic E-state index is 12.4. The third-order valence-corrected chi connectivity index (χ3v) is 6.31. The van der Waals surface area contributed by atoms with Gasteiger partial charge in [0.2, 0.25) is 23.6 Å². The molecule has 4 N–H and O–H groups in total. The van der Waals surface area contributed by atoms with Crippen molar-refractivity contribution < 1.29 is 19.2 Å². The van der Waals surface area contributed by atoms with Crippen LogP contribution in [0, 0.1) is 0 Å². The molecule has 8 nitrogen and oxygen atoms in total. The summed E-state index contributed by atoms with van der Waals surface area (Å²) in [4.78, 5) is 48.2. The lowest BCUT2D eigenvalue weighted by molar-refractivity contribution is -0.122. The predicted octanol–water partition coefficient (Wildman–Crippen LogP) is 6.01. The molecule has 1 aliphatic carbocycles. The molecule has 2 aromatic carbocycles. The fraction of sp³-hybridized carbons (Fsp3) is 0.419. The average molecular weight is 614 g/mol. The van der Waals surface area contributed by atoms with E-state index in [4.69, 9.17) is 0 Å². The van der Waals surface area contributed by atoms with Gasteiger partial charge in [0.1, 0.15) is 0 Å². The Balaban J connectivity index is 0.00000274. The fourth-order valence-electron chi connectivity index (χ4n) is 4.33. The summed E-state index contributed by atoms with van der Waals surface area (Å²) < 4.78 is 0. The minimum absolute atomic E-state index is 0.0309. The number of rotatable bonds is 14. The summed E-state index contributed by atoms with van der Waals surface area (Å²) in [7, 11) is 0. The van der Waals surface area contributed by atoms with Crippen molar-refractivity contribution in [3.8, 4) is 11.1 Å². The van der Waals surface area contributed by atoms with Gasteiger partial charge in [-0.05, 0) is 83.6 Å². The van der Waals surface area contributed by atoms with Gasteiger partial charge in [-0.2, -0.15) is 0 Å². The van der Waals surface area contributed by atoms with E-state index in [1.165, 1.54) is 0 Å². The lowest BCUT2D eigenvalue weighted by atomic mass is 10.0. The van der Waals surface area contributed by atoms with Gasteiger partial charge in [-0.15, -0.1) is 0 Å². The topological polar surface area (TPSA) is 116 Å². The Bertz CT molecular complexity index is 1120. The highest BCUT2D eigenvalue weighted by molar-refractivity contribution is 9.08. The second kappa shape index (κ2) is 17.3. The molecule has 0 unspecified atom stereocenters. The molecule has 9 heteroatoms. The zero-order valence-electron chi connectivity index (χ0n) is 23.8. The van der Waals surface area contributed by atoms with E-state index in [-0.39, 0.29) is 36.5 Å². The first-order valence-electron chi connectivity index (χ1n) is 13.8. The first kappa shape index (κ1) is 32.8. The van der Waals surface area contributed by atoms with E-state index in [1.54, 1.807) is 0 Å². The number of hydrogen-bond acceptors (Lipinski definition) is 4. The Kier molecular flexibility index (Phi) is 14.1. The number of carbonyl (C=O) groups excluding carboxylic acids is 4. The van der Waals surface area contributed by atoms with E-state index >= 15 is 0 Å². The van der Waals surface area contributed by atoms with E-state index in [2.05, 4.69) is 43.8 Å². The van der Waals surface area contributed by atoms with Gasteiger partial charge in [-0.3, -0.25) is 19.2 Å². The molecule has 4 amide bonds. The molecule has 216 valence electrons. The summed E-state index contributed by atoms with van der Waals surface area (Å²) in [5.41, 5.74) is 6.07. The molecule has 0 radical (unpaired) electrons. The molecule has 0 saturated heterocycles. The van der Waals surface area contributed by atoms with Gasteiger partial charge in [0.05, 0.1) is 0 Å². The Labute approximate surface area is 245 Å². The summed E-state index contributed by atoms with van der Waals surface area (Å²) in [6.45, 7) is 9.55. The molecular weight excluding hydrogens is 572 g/mol. The number of anilines is 2. The van der Waals surface area contributed by atoms with Crippen LogP contribution in [0.25, 0.3) is 16.7 Å². The second-order valence-corrected chi connectivity index (χ2v) is 9.50. The van der Waals surface area contributed by atoms with E-state index in [0.29, 0.717) is 50.1 Å². The molecule has 0 aromatic heterocycles. The highest BCUT2D eigenvalue weighted by atomic mass is 79.9. The predicted molar refractivity (Wildman–Crippen MR) is 166 cm³/mol. The number of nitrogens with one attached hydrogen (secondary N) is 4. The third-order valence-electron chi connectivity index (χ3n) is 6.31. The zero-order chi connectivity index (χ0) is 29.5. The van der Waals surface area contributed by atoms with Crippen LogP contribution in [-0.2, 0) is 19.2 Å². The van der Waals surface area contributed by atoms with Crippen molar-refractivity contribution in [1.29, 1.82) is 0 Å². The highest BCUT2D eigenvalue weighted by Gasteiger charge is 2.23. The standard InChI is InChI=1S/C30H38N4O4.CH3Br/c1-4-16-31-27(35)8-6-10-29(37)33-21-12-14-23-24-15-13-22(19-26(24)20(3)25(23)18-21)34-30(38)11-7-9-28(36)32-17-5-2;1-2/h12-15,18-19H,3-11,16-17H2,1-2H3,(H,31,35)(H,32,36)(H,33,37)(H,34,38);1H3. The van der Waals surface area contributed by atoms with Gasteiger partial charge in [0.15, 0.2) is 0 Å². The molecule has 2 aromatic rings. The average Bonchev–Trinajstić information content (AvgIpc) is 3.22. The molecule has 0 atom stereocenters. The lowest BCUT2D eigenvalue weighted by Crippen LogP contribution is -2.24. The minimum atomic E-state index is -0.137. The van der Waals surface area contributed by atoms with E-state index < -0.39 is 0 Å². The van der Waals surface area contributed by atoms with Crippen molar-refractivity contribution in [1.82, 2.24) is 10.6 Å². The smallest absolute Gasteiger partial charge is 0.224 e. The largest absolute Gasteiger partial charge is 0.356 e. The molecule has 0 heterocycles. The van der Waals surface area contributed by atoms with Crippen LogP contribution in [0.4, 0.5) is 11.4 Å². The number of hydrogen-bond donors (Lipinski definition) is 4. The summed E-state index contributed by atoms with van der Waals surface area (Å²) in [6.07, 6.45) is 3.95. The maximum absolute atomic E-state index is 12.4. The summed E-state index contributed by atoms with van der Waals surface area (Å²) in [5.74, 6) is 1.48. The van der Waals surface area contributed by atoms with Crippen LogP contribution >= 0.6 is 15.9 Å². The van der Waals surface area contributed by atoms with Gasteiger partial charge < -0.3 is 21.3 Å². The fourth-order valence-corrected chi connectivity index (χ4v) is 4.33. The molecule has 0 aliphatic heterocycles. The quantitative estimate of drug-likeness (QED) is 0.167. The molecule has 1 aliphatic rings. The molecule has 3 rings (SSSR count). The Morgan fingerprint density at radius 1 is 0.625 bits per heavy atom. The third kappa shape index (κ3) is 9.93. The van der Waals surface area contributed by atoms with Gasteiger partial charge >= 0.3 is 0 Å². The highest BCUT2D eigenvalue weighted by Crippen LogP contribution is 2.45. The zero-order valence-corrected chi connectivity index (χ0v) is 25.3. The summed E-state index contributed by atoms with van der Waals surface area (Å²) in [5, 5.41) is 11.5. The number of amides is 4. The van der Waals surface area contributed by atoms with Crippen molar-refractivity contribution >= 4 is 56.5 Å². The molecule has 0 bridgehead atoms. The summed E-state index contributed by atoms with van der Waals surface area (Å²) >= 11 is 2.94. The number of fused-ring (bicyclic) bond motifs is 3. The van der Waals surface area contributed by atoms with E-state index in [9.17, 15) is 19.2 Å². The van der Waals surface area contributed by atoms with Crippen molar-refractivity contribution in [2.24, 2.45) is 0 Å². The SMILES string of the molecule is C=C1c2cc(NC(=O)CCCC(=O)NCCC)ccc2-c2ccc(NC(=O)CCCC(=O)NCCC)cc21.CBr. The molecular formula is C31H41BrN4O4. The maximum Gasteiger partial charge on any atom is 0.224 e. The van der Waals surface area contributed by atoms with Crippen molar-refractivity contribution in [2.75, 3.05) is 29.6 Å². The molecule has 0 spiro atoms. The Morgan fingerprint density at radius 3 is 1.38 bits per heavy atom. The number of halogens is 1. The van der Waals surface area contributed by atoms with Crippen LogP contribution in [0.5, 0.6) is 0 Å². The van der Waals surface area contributed by atoms with Crippen molar-refractivity contribution in [3.63, 3.8) is 0 Å². The molecule has 0 saturated carbocycles. The van der Waals surface area contributed by atoms with Crippen LogP contribution in [0.15, 0.2) is 43.0 Å². The molecule has 40 heavy (non-hydrogen) atoms. The van der Waals surface area contributed by atoms with Gasteiger partial charge in [0.25, 0.3) is 0 Å². The minimum Gasteiger partial charge on any atom is -0.356 e. The monoisotopic (exact) mass is 612 g/mol. The van der Waals surface area contributed by atoms with Crippen molar-refractivity contribution in [3.05, 3.63) is 54.1 Å². The lowest BCUT2D eigenvalue weighted by Gasteiger charge is -2.08. The second-order valence-electron chi connectivity index (χ2n) is 9.50. The first-order valence-corrected chi connectivity index (χ1v) is 15.4. The van der Waals surface area contributed by atoms with Crippen LogP contribution in [0.2, 0.25) is 0 Å². The Hall–Kier alpha value is -3.46. The molecule has 0 fully saturated rings. The van der Waals surface area contributed by atoms with Crippen LogP contribution in [0.1, 0.15) is 76.3 Å². The van der Waals surface area contributed by atoms with E-state index in [1.807, 2.05) is 56.1 Å². The van der Waals surface area contributed by atoms with Crippen LogP contribution in [-0.4, -0.2) is 42.6 Å². The Morgan fingerprint density at radius 2 is 1.00 bits per heavy atom. The van der Waals surface area contributed by atoms with Crippen molar-refractivity contribution in [2.45, 2.75) is 65.2 Å². The number of alkyl halides is 1. The number of carbonyl (C=O) groups is 4. The summed E-state index contributed by atoms with van der Waals surface area (Å²) in [6, 6.07) is 11.5. The first-order chi connectivity index (χ1) is 19.3. The normalized spacial score (nSPS) is 10.9.